The lowest BCUT2D eigenvalue weighted by atomic mass is 9.74. The summed E-state index contributed by atoms with van der Waals surface area (Å²) in [7, 11) is 0. The van der Waals surface area contributed by atoms with E-state index in [1.807, 2.05) is 0 Å². The van der Waals surface area contributed by atoms with Crippen molar-refractivity contribution in [1.82, 2.24) is 10.6 Å². The van der Waals surface area contributed by atoms with Crippen LogP contribution in [0.25, 0.3) is 0 Å². The van der Waals surface area contributed by atoms with Crippen molar-refractivity contribution in [3.63, 3.8) is 0 Å². The molecular weight excluding hydrogens is 236 g/mol. The molecule has 108 valence electrons. The normalized spacial score (nSPS) is 24.1. The summed E-state index contributed by atoms with van der Waals surface area (Å²) in [4.78, 5) is 12.4. The van der Waals surface area contributed by atoms with Crippen LogP contribution in [0.15, 0.2) is 11.6 Å². The molecule has 0 radical (unpaired) electrons. The highest BCUT2D eigenvalue weighted by Crippen LogP contribution is 2.32. The Kier molecular flexibility index (Phi) is 5.03. The zero-order valence-electron chi connectivity index (χ0n) is 12.4. The van der Waals surface area contributed by atoms with Crippen molar-refractivity contribution in [3.8, 4) is 0 Å². The predicted octanol–water partition coefficient (Wildman–Crippen LogP) is 2.63. The van der Waals surface area contributed by atoms with Gasteiger partial charge in [-0.2, -0.15) is 0 Å². The molecule has 0 aromatic rings. The van der Waals surface area contributed by atoms with Crippen molar-refractivity contribution in [2.45, 2.75) is 52.4 Å². The molecule has 1 aliphatic carbocycles. The Morgan fingerprint density at radius 2 is 2.32 bits per heavy atom. The number of amides is 1. The summed E-state index contributed by atoms with van der Waals surface area (Å²) in [6.07, 6.45) is 9.47. The van der Waals surface area contributed by atoms with Gasteiger partial charge >= 0.3 is 0 Å². The summed E-state index contributed by atoms with van der Waals surface area (Å²) >= 11 is 0. The summed E-state index contributed by atoms with van der Waals surface area (Å²) in [6.45, 7) is 7.06. The molecule has 3 heteroatoms. The van der Waals surface area contributed by atoms with Crippen LogP contribution in [0.4, 0.5) is 0 Å². The number of piperidine rings is 1. The van der Waals surface area contributed by atoms with E-state index in [4.69, 9.17) is 0 Å². The minimum absolute atomic E-state index is 0.222. The molecule has 1 fully saturated rings. The monoisotopic (exact) mass is 264 g/mol. The fourth-order valence-electron chi connectivity index (χ4n) is 3.18. The number of hydrogen-bond acceptors (Lipinski definition) is 2. The van der Waals surface area contributed by atoms with Crippen LogP contribution in [0.2, 0.25) is 0 Å². The molecule has 1 amide bonds. The Labute approximate surface area is 117 Å². The molecule has 1 heterocycles. The zero-order chi connectivity index (χ0) is 13.7. The highest BCUT2D eigenvalue weighted by atomic mass is 16.2. The first-order chi connectivity index (χ1) is 9.10. The van der Waals surface area contributed by atoms with Crippen molar-refractivity contribution in [2.75, 3.05) is 19.6 Å². The smallest absolute Gasteiger partial charge is 0.225 e. The summed E-state index contributed by atoms with van der Waals surface area (Å²) in [5.41, 5.74) is 1.27. The number of rotatable bonds is 5. The maximum Gasteiger partial charge on any atom is 0.225 e. The van der Waals surface area contributed by atoms with E-state index in [0.717, 1.165) is 26.1 Å². The van der Waals surface area contributed by atoms with Crippen LogP contribution in [0.1, 0.15) is 52.4 Å². The maximum atomic E-state index is 12.4. The summed E-state index contributed by atoms with van der Waals surface area (Å²) < 4.78 is 0. The maximum absolute atomic E-state index is 12.4. The predicted molar refractivity (Wildman–Crippen MR) is 78.9 cm³/mol. The Morgan fingerprint density at radius 1 is 1.47 bits per heavy atom. The van der Waals surface area contributed by atoms with E-state index in [1.54, 1.807) is 0 Å². The first kappa shape index (κ1) is 14.6. The highest BCUT2D eigenvalue weighted by Gasteiger charge is 2.36. The van der Waals surface area contributed by atoms with E-state index in [9.17, 15) is 4.79 Å². The fraction of sp³-hybridized carbons (Fsp3) is 0.812. The van der Waals surface area contributed by atoms with Gasteiger partial charge in [-0.1, -0.05) is 25.5 Å². The summed E-state index contributed by atoms with van der Waals surface area (Å²) in [5.74, 6) is 0.687. The molecule has 1 unspecified atom stereocenters. The third-order valence-electron chi connectivity index (χ3n) is 4.77. The van der Waals surface area contributed by atoms with E-state index in [-0.39, 0.29) is 11.3 Å². The van der Waals surface area contributed by atoms with Crippen LogP contribution < -0.4 is 10.6 Å². The fourth-order valence-corrected chi connectivity index (χ4v) is 3.18. The van der Waals surface area contributed by atoms with Crippen molar-refractivity contribution in [3.05, 3.63) is 11.6 Å². The average molecular weight is 264 g/mol. The molecule has 0 saturated carbocycles. The van der Waals surface area contributed by atoms with Crippen molar-refractivity contribution >= 4 is 5.91 Å². The van der Waals surface area contributed by atoms with Crippen LogP contribution in [-0.4, -0.2) is 25.5 Å². The molecule has 2 N–H and O–H groups in total. The lowest BCUT2D eigenvalue weighted by Crippen LogP contribution is -2.47. The van der Waals surface area contributed by atoms with Crippen LogP contribution >= 0.6 is 0 Å². The highest BCUT2D eigenvalue weighted by molar-refractivity contribution is 5.82. The van der Waals surface area contributed by atoms with Gasteiger partial charge in [0.2, 0.25) is 5.91 Å². The van der Waals surface area contributed by atoms with Gasteiger partial charge in [0.1, 0.15) is 0 Å². The van der Waals surface area contributed by atoms with Gasteiger partial charge in [0.05, 0.1) is 0 Å². The van der Waals surface area contributed by atoms with Crippen molar-refractivity contribution in [1.29, 1.82) is 0 Å². The van der Waals surface area contributed by atoms with E-state index < -0.39 is 0 Å². The molecule has 3 nitrogen and oxygen atoms in total. The average Bonchev–Trinajstić information content (AvgIpc) is 2.93. The minimum atomic E-state index is -0.253. The summed E-state index contributed by atoms with van der Waals surface area (Å²) in [5, 5.41) is 6.55. The van der Waals surface area contributed by atoms with E-state index in [2.05, 4.69) is 30.6 Å². The number of allylic oxidation sites excluding steroid dienone is 1. The molecule has 1 atom stereocenters. The van der Waals surface area contributed by atoms with Crippen molar-refractivity contribution < 1.29 is 4.79 Å². The molecular formula is C16H28N2O. The second kappa shape index (κ2) is 6.56. The second-order valence-corrected chi connectivity index (χ2v) is 6.53. The van der Waals surface area contributed by atoms with Gasteiger partial charge in [0.25, 0.3) is 0 Å². The van der Waals surface area contributed by atoms with E-state index in [0.29, 0.717) is 5.92 Å². The third kappa shape index (κ3) is 3.82. The lowest BCUT2D eigenvalue weighted by molar-refractivity contribution is -0.132. The topological polar surface area (TPSA) is 41.1 Å². The van der Waals surface area contributed by atoms with Gasteiger partial charge in [-0.3, -0.25) is 4.79 Å². The van der Waals surface area contributed by atoms with Gasteiger partial charge in [-0.25, -0.2) is 0 Å². The van der Waals surface area contributed by atoms with Gasteiger partial charge < -0.3 is 10.6 Å². The molecule has 19 heavy (non-hydrogen) atoms. The Balaban J connectivity index is 1.76. The van der Waals surface area contributed by atoms with E-state index in [1.165, 1.54) is 37.7 Å². The zero-order valence-corrected chi connectivity index (χ0v) is 12.4. The Hall–Kier alpha value is -0.830. The van der Waals surface area contributed by atoms with Gasteiger partial charge in [0.15, 0.2) is 0 Å². The van der Waals surface area contributed by atoms with Gasteiger partial charge in [-0.15, -0.1) is 0 Å². The standard InChI is InChI=1S/C16H28N2O/c1-16(2,14-8-5-10-17-12-14)15(19)18-11-9-13-6-3-4-7-13/h6,14,17H,3-5,7-12H2,1-2H3,(H,18,19). The molecule has 1 aliphatic heterocycles. The van der Waals surface area contributed by atoms with Crippen LogP contribution in [0.3, 0.4) is 0 Å². The molecule has 2 aliphatic rings. The third-order valence-corrected chi connectivity index (χ3v) is 4.77. The number of nitrogens with one attached hydrogen (secondary N) is 2. The molecule has 0 aromatic heterocycles. The molecule has 0 aromatic carbocycles. The van der Waals surface area contributed by atoms with Crippen LogP contribution in [0.5, 0.6) is 0 Å². The Bertz CT molecular complexity index is 341. The Morgan fingerprint density at radius 3 is 2.95 bits per heavy atom. The molecule has 0 bridgehead atoms. The molecule has 0 spiro atoms. The van der Waals surface area contributed by atoms with Crippen LogP contribution in [0, 0.1) is 11.3 Å². The molecule has 2 rings (SSSR count). The molecule has 1 saturated heterocycles. The lowest BCUT2D eigenvalue weighted by Gasteiger charge is -2.36. The van der Waals surface area contributed by atoms with Gasteiger partial charge in [-0.05, 0) is 57.5 Å². The quantitative estimate of drug-likeness (QED) is 0.750. The first-order valence-corrected chi connectivity index (χ1v) is 7.77. The SMILES string of the molecule is CC(C)(C(=O)NCCC1=CCCC1)C1CCCNC1. The summed E-state index contributed by atoms with van der Waals surface area (Å²) in [6, 6.07) is 0. The number of hydrogen-bond donors (Lipinski definition) is 2. The second-order valence-electron chi connectivity index (χ2n) is 6.53. The minimum Gasteiger partial charge on any atom is -0.355 e. The van der Waals surface area contributed by atoms with Crippen LogP contribution in [-0.2, 0) is 4.79 Å². The number of carbonyl (C=O) groups excluding carboxylic acids is 1. The largest absolute Gasteiger partial charge is 0.355 e. The van der Waals surface area contributed by atoms with Crippen molar-refractivity contribution in [2.24, 2.45) is 11.3 Å². The van der Waals surface area contributed by atoms with Gasteiger partial charge in [0, 0.05) is 12.0 Å². The van der Waals surface area contributed by atoms with E-state index >= 15 is 0 Å². The number of carbonyl (C=O) groups is 1. The first-order valence-electron chi connectivity index (χ1n) is 7.77.